The maximum Gasteiger partial charge on any atom is 0.193 e. The normalized spacial score (nSPS) is 11.9. The molecular formula is C18H23N5S. The van der Waals surface area contributed by atoms with Crippen LogP contribution in [-0.4, -0.2) is 41.5 Å². The third kappa shape index (κ3) is 3.76. The second-order valence-corrected chi connectivity index (χ2v) is 6.86. The van der Waals surface area contributed by atoms with E-state index in [1.165, 1.54) is 16.5 Å². The number of H-pyrrole nitrogens is 1. The van der Waals surface area contributed by atoms with Gasteiger partial charge in [0.15, 0.2) is 5.96 Å². The number of aromatic nitrogens is 2. The number of hydrogen-bond donors (Lipinski definition) is 2. The van der Waals surface area contributed by atoms with Crippen molar-refractivity contribution in [1.29, 1.82) is 0 Å². The van der Waals surface area contributed by atoms with Gasteiger partial charge in [-0.15, -0.1) is 11.3 Å². The highest BCUT2D eigenvalue weighted by atomic mass is 32.1. The van der Waals surface area contributed by atoms with E-state index in [-0.39, 0.29) is 0 Å². The monoisotopic (exact) mass is 341 g/mol. The fraction of sp³-hybridized carbons (Fsp3) is 0.333. The standard InChI is InChI=1S/C18H23N5S/c1-13-22-15(12-24-13)11-23(3)18(19-2)20-9-8-14-10-21-17-7-5-4-6-16(14)17/h4-7,10,12,21H,8-9,11H2,1-3H3,(H,19,20). The number of nitrogens with one attached hydrogen (secondary N) is 2. The number of thiazole rings is 1. The Morgan fingerprint density at radius 3 is 2.96 bits per heavy atom. The molecule has 2 heterocycles. The number of aliphatic imine (C=N–C) groups is 1. The molecule has 3 rings (SSSR count). The molecule has 0 aliphatic rings. The summed E-state index contributed by atoms with van der Waals surface area (Å²) >= 11 is 1.68. The molecule has 2 N–H and O–H groups in total. The lowest BCUT2D eigenvalue weighted by Gasteiger charge is -2.21. The van der Waals surface area contributed by atoms with Crippen molar-refractivity contribution in [3.8, 4) is 0 Å². The molecule has 0 saturated heterocycles. The van der Waals surface area contributed by atoms with Crippen LogP contribution in [0.1, 0.15) is 16.3 Å². The first-order valence-electron chi connectivity index (χ1n) is 8.05. The van der Waals surface area contributed by atoms with E-state index in [9.17, 15) is 0 Å². The van der Waals surface area contributed by atoms with Crippen molar-refractivity contribution in [2.75, 3.05) is 20.6 Å². The highest BCUT2D eigenvalue weighted by Gasteiger charge is 2.09. The Bertz CT molecular complexity index is 833. The molecule has 1 aromatic carbocycles. The molecule has 2 aromatic heterocycles. The first-order valence-corrected chi connectivity index (χ1v) is 8.93. The number of benzene rings is 1. The first-order chi connectivity index (χ1) is 11.7. The molecule has 3 aromatic rings. The zero-order valence-corrected chi connectivity index (χ0v) is 15.2. The molecule has 126 valence electrons. The van der Waals surface area contributed by atoms with Crippen molar-refractivity contribution in [3.63, 3.8) is 0 Å². The number of aryl methyl sites for hydroxylation is 1. The summed E-state index contributed by atoms with van der Waals surface area (Å²) in [5.41, 5.74) is 3.60. The van der Waals surface area contributed by atoms with Crippen molar-refractivity contribution in [3.05, 3.63) is 52.1 Å². The van der Waals surface area contributed by atoms with Gasteiger partial charge < -0.3 is 15.2 Å². The molecule has 5 nitrogen and oxygen atoms in total. The van der Waals surface area contributed by atoms with Crippen LogP contribution in [0.25, 0.3) is 10.9 Å². The number of para-hydroxylation sites is 1. The summed E-state index contributed by atoms with van der Waals surface area (Å²) in [5.74, 6) is 0.889. The lowest BCUT2D eigenvalue weighted by molar-refractivity contribution is 0.471. The molecule has 0 bridgehead atoms. The van der Waals surface area contributed by atoms with Gasteiger partial charge in [-0.3, -0.25) is 4.99 Å². The molecule has 0 unspecified atom stereocenters. The van der Waals surface area contributed by atoms with Crippen LogP contribution in [0.4, 0.5) is 0 Å². The molecule has 24 heavy (non-hydrogen) atoms. The Kier molecular flexibility index (Phi) is 5.15. The SMILES string of the molecule is CN=C(NCCc1c[nH]c2ccccc12)N(C)Cc1csc(C)n1. The van der Waals surface area contributed by atoms with Gasteiger partial charge in [-0.2, -0.15) is 0 Å². The summed E-state index contributed by atoms with van der Waals surface area (Å²) in [6.07, 6.45) is 3.05. The third-order valence-corrected chi connectivity index (χ3v) is 4.81. The molecule has 0 atom stereocenters. The van der Waals surface area contributed by atoms with Crippen molar-refractivity contribution in [2.24, 2.45) is 4.99 Å². The number of rotatable bonds is 5. The maximum atomic E-state index is 4.51. The second kappa shape index (κ2) is 7.49. The number of hydrogen-bond acceptors (Lipinski definition) is 3. The van der Waals surface area contributed by atoms with E-state index >= 15 is 0 Å². The largest absolute Gasteiger partial charge is 0.361 e. The van der Waals surface area contributed by atoms with E-state index in [1.54, 1.807) is 11.3 Å². The minimum absolute atomic E-state index is 0.761. The molecule has 0 fully saturated rings. The van der Waals surface area contributed by atoms with Crippen LogP contribution in [0, 0.1) is 6.92 Å². The summed E-state index contributed by atoms with van der Waals surface area (Å²) < 4.78 is 0. The van der Waals surface area contributed by atoms with Crippen LogP contribution < -0.4 is 5.32 Å². The van der Waals surface area contributed by atoms with Gasteiger partial charge in [0.2, 0.25) is 0 Å². The smallest absolute Gasteiger partial charge is 0.193 e. The van der Waals surface area contributed by atoms with Crippen LogP contribution in [0.2, 0.25) is 0 Å². The van der Waals surface area contributed by atoms with Gasteiger partial charge >= 0.3 is 0 Å². The maximum absolute atomic E-state index is 4.51. The minimum atomic E-state index is 0.761. The van der Waals surface area contributed by atoms with Crippen LogP contribution in [0.3, 0.4) is 0 Å². The van der Waals surface area contributed by atoms with Crippen molar-refractivity contribution < 1.29 is 0 Å². The van der Waals surface area contributed by atoms with Gasteiger partial charge in [-0.1, -0.05) is 18.2 Å². The zero-order chi connectivity index (χ0) is 16.9. The highest BCUT2D eigenvalue weighted by molar-refractivity contribution is 7.09. The third-order valence-electron chi connectivity index (χ3n) is 3.99. The van der Waals surface area contributed by atoms with Crippen molar-refractivity contribution >= 4 is 28.2 Å². The number of nitrogens with zero attached hydrogens (tertiary/aromatic N) is 3. The van der Waals surface area contributed by atoms with Crippen LogP contribution in [0.15, 0.2) is 40.8 Å². The van der Waals surface area contributed by atoms with E-state index in [0.717, 1.165) is 36.2 Å². The first kappa shape index (κ1) is 16.5. The Balaban J connectivity index is 1.56. The quantitative estimate of drug-likeness (QED) is 0.553. The van der Waals surface area contributed by atoms with Crippen molar-refractivity contribution in [2.45, 2.75) is 19.9 Å². The Morgan fingerprint density at radius 1 is 1.38 bits per heavy atom. The van der Waals surface area contributed by atoms with Gasteiger partial charge in [-0.25, -0.2) is 4.98 Å². The average Bonchev–Trinajstić information content (AvgIpc) is 3.18. The predicted molar refractivity (Wildman–Crippen MR) is 102 cm³/mol. The van der Waals surface area contributed by atoms with Crippen molar-refractivity contribution in [1.82, 2.24) is 20.2 Å². The summed E-state index contributed by atoms with van der Waals surface area (Å²) in [5, 5.41) is 7.93. The van der Waals surface area contributed by atoms with Crippen LogP contribution in [0.5, 0.6) is 0 Å². The Morgan fingerprint density at radius 2 is 2.21 bits per heavy atom. The lowest BCUT2D eigenvalue weighted by Crippen LogP contribution is -2.39. The van der Waals surface area contributed by atoms with Gasteiger partial charge in [-0.05, 0) is 25.0 Å². The fourth-order valence-corrected chi connectivity index (χ4v) is 3.43. The molecule has 0 amide bonds. The number of guanidine groups is 1. The molecule has 0 spiro atoms. The molecular weight excluding hydrogens is 318 g/mol. The van der Waals surface area contributed by atoms with E-state index < -0.39 is 0 Å². The topological polar surface area (TPSA) is 56.3 Å². The minimum Gasteiger partial charge on any atom is -0.361 e. The van der Waals surface area contributed by atoms with Crippen LogP contribution in [-0.2, 0) is 13.0 Å². The summed E-state index contributed by atoms with van der Waals surface area (Å²) in [6, 6.07) is 8.40. The van der Waals surface area contributed by atoms with Gasteiger partial charge in [0, 0.05) is 43.1 Å². The average molecular weight is 341 g/mol. The van der Waals surface area contributed by atoms with Gasteiger partial charge in [0.1, 0.15) is 0 Å². The lowest BCUT2D eigenvalue weighted by atomic mass is 10.1. The number of aromatic amines is 1. The van der Waals surface area contributed by atoms with Gasteiger partial charge in [0.05, 0.1) is 17.2 Å². The molecule has 0 aliphatic carbocycles. The van der Waals surface area contributed by atoms with Gasteiger partial charge in [0.25, 0.3) is 0 Å². The zero-order valence-electron chi connectivity index (χ0n) is 14.3. The Labute approximate surface area is 146 Å². The Hall–Kier alpha value is -2.34. The van der Waals surface area contributed by atoms with E-state index in [2.05, 4.69) is 61.0 Å². The summed E-state index contributed by atoms with van der Waals surface area (Å²) in [4.78, 5) is 14.3. The van der Waals surface area contributed by atoms with E-state index in [4.69, 9.17) is 0 Å². The fourth-order valence-electron chi connectivity index (χ4n) is 2.83. The predicted octanol–water partition coefficient (Wildman–Crippen LogP) is 3.18. The van der Waals surface area contributed by atoms with Crippen LogP contribution >= 0.6 is 11.3 Å². The van der Waals surface area contributed by atoms with E-state index in [0.29, 0.717) is 0 Å². The summed E-state index contributed by atoms with van der Waals surface area (Å²) in [6.45, 7) is 3.63. The molecule has 6 heteroatoms. The number of fused-ring (bicyclic) bond motifs is 1. The molecule has 0 radical (unpaired) electrons. The molecule has 0 saturated carbocycles. The van der Waals surface area contributed by atoms with E-state index in [1.807, 2.05) is 21.0 Å². The summed E-state index contributed by atoms with van der Waals surface area (Å²) in [7, 11) is 3.85. The highest BCUT2D eigenvalue weighted by Crippen LogP contribution is 2.17. The second-order valence-electron chi connectivity index (χ2n) is 5.80. The molecule has 0 aliphatic heterocycles.